The third-order valence-corrected chi connectivity index (χ3v) is 5.39. The zero-order chi connectivity index (χ0) is 17.6. The van der Waals surface area contributed by atoms with Crippen LogP contribution in [0.15, 0.2) is 0 Å². The molecule has 1 saturated carbocycles. The molecule has 1 N–H and O–H groups in total. The lowest BCUT2D eigenvalue weighted by Crippen LogP contribution is -2.47. The van der Waals surface area contributed by atoms with E-state index in [4.69, 9.17) is 0 Å². The fourth-order valence-electron chi connectivity index (χ4n) is 4.00. The summed E-state index contributed by atoms with van der Waals surface area (Å²) in [6, 6.07) is 0.238. The second-order valence-corrected chi connectivity index (χ2v) is 9.00. The second kappa shape index (κ2) is 8.87. The first-order valence-corrected chi connectivity index (χ1v) is 9.90. The molecular weight excluding hydrogens is 300 g/mol. The van der Waals surface area contributed by atoms with Crippen molar-refractivity contribution < 1.29 is 9.59 Å². The lowest BCUT2D eigenvalue weighted by molar-refractivity contribution is -0.132. The van der Waals surface area contributed by atoms with Gasteiger partial charge in [0.2, 0.25) is 11.8 Å². The van der Waals surface area contributed by atoms with Gasteiger partial charge in [0, 0.05) is 32.0 Å². The van der Waals surface area contributed by atoms with E-state index in [-0.39, 0.29) is 17.4 Å². The lowest BCUT2D eigenvalue weighted by atomic mass is 9.86. The molecule has 0 unspecified atom stereocenters. The lowest BCUT2D eigenvalue weighted by Gasteiger charge is -2.33. The quantitative estimate of drug-likeness (QED) is 0.828. The molecule has 1 aliphatic heterocycles. The molecule has 0 atom stereocenters. The average Bonchev–Trinajstić information content (AvgIpc) is 2.52. The van der Waals surface area contributed by atoms with E-state index in [1.807, 2.05) is 4.90 Å². The van der Waals surface area contributed by atoms with Gasteiger partial charge in [0.25, 0.3) is 0 Å². The Balaban J connectivity index is 1.64. The van der Waals surface area contributed by atoms with Gasteiger partial charge in [-0.3, -0.25) is 9.59 Å². The van der Waals surface area contributed by atoms with Crippen molar-refractivity contribution in [3.8, 4) is 0 Å². The first-order valence-electron chi connectivity index (χ1n) is 9.90. The maximum Gasteiger partial charge on any atom is 0.222 e. The summed E-state index contributed by atoms with van der Waals surface area (Å²) in [5.74, 6) is 1.24. The van der Waals surface area contributed by atoms with Gasteiger partial charge >= 0.3 is 0 Å². The highest BCUT2D eigenvalue weighted by Crippen LogP contribution is 2.27. The number of likely N-dealkylation sites (tertiary alicyclic amines) is 1. The predicted molar refractivity (Wildman–Crippen MR) is 97.6 cm³/mol. The molecule has 0 spiro atoms. The molecule has 0 radical (unpaired) electrons. The molecule has 0 aromatic carbocycles. The van der Waals surface area contributed by atoms with Crippen LogP contribution < -0.4 is 5.32 Å². The number of hydrogen-bond acceptors (Lipinski definition) is 2. The van der Waals surface area contributed by atoms with Crippen LogP contribution in [-0.4, -0.2) is 35.8 Å². The van der Waals surface area contributed by atoms with Crippen molar-refractivity contribution in [2.45, 2.75) is 91.0 Å². The van der Waals surface area contributed by atoms with Gasteiger partial charge in [0.1, 0.15) is 0 Å². The first kappa shape index (κ1) is 19.3. The van der Waals surface area contributed by atoms with Gasteiger partial charge in [0.05, 0.1) is 0 Å². The fourth-order valence-corrected chi connectivity index (χ4v) is 4.00. The van der Waals surface area contributed by atoms with Crippen LogP contribution in [0.2, 0.25) is 0 Å². The monoisotopic (exact) mass is 336 g/mol. The number of hydrogen-bond donors (Lipinski definition) is 1. The summed E-state index contributed by atoms with van der Waals surface area (Å²) in [5.41, 5.74) is 0.0276. The van der Waals surface area contributed by atoms with Crippen molar-refractivity contribution in [3.05, 3.63) is 0 Å². The molecule has 138 valence electrons. The second-order valence-electron chi connectivity index (χ2n) is 9.00. The van der Waals surface area contributed by atoms with Gasteiger partial charge in [-0.15, -0.1) is 0 Å². The van der Waals surface area contributed by atoms with Gasteiger partial charge in [-0.25, -0.2) is 0 Å². The number of nitrogens with zero attached hydrogens (tertiary/aromatic N) is 1. The van der Waals surface area contributed by atoms with E-state index in [0.717, 1.165) is 38.3 Å². The van der Waals surface area contributed by atoms with Gasteiger partial charge in [-0.05, 0) is 30.6 Å². The first-order chi connectivity index (χ1) is 11.3. The summed E-state index contributed by atoms with van der Waals surface area (Å²) in [6.45, 7) is 7.84. The molecule has 4 heteroatoms. The Labute approximate surface area is 147 Å². The Morgan fingerprint density at radius 3 is 2.21 bits per heavy atom. The molecule has 1 aliphatic carbocycles. The zero-order valence-electron chi connectivity index (χ0n) is 15.9. The molecule has 1 heterocycles. The molecule has 0 aromatic heterocycles. The number of carbonyl (C=O) groups is 2. The summed E-state index contributed by atoms with van der Waals surface area (Å²) < 4.78 is 0. The Morgan fingerprint density at radius 1 is 1.00 bits per heavy atom. The number of rotatable bonds is 5. The molecule has 1 saturated heterocycles. The molecule has 2 aliphatic rings. The van der Waals surface area contributed by atoms with Crippen molar-refractivity contribution in [2.75, 3.05) is 13.1 Å². The molecule has 4 nitrogen and oxygen atoms in total. The maximum atomic E-state index is 12.4. The Morgan fingerprint density at radius 2 is 1.62 bits per heavy atom. The van der Waals surface area contributed by atoms with E-state index in [0.29, 0.717) is 18.7 Å². The van der Waals surface area contributed by atoms with Crippen molar-refractivity contribution in [1.29, 1.82) is 0 Å². The van der Waals surface area contributed by atoms with Crippen LogP contribution in [0.25, 0.3) is 0 Å². The Bertz CT molecular complexity index is 414. The minimum Gasteiger partial charge on any atom is -0.353 e. The SMILES string of the molecule is CC(C)(C)CC(=O)NC1CCN(C(=O)CCC2CCCCC2)CC1. The van der Waals surface area contributed by atoms with Crippen LogP contribution in [0.3, 0.4) is 0 Å². The van der Waals surface area contributed by atoms with E-state index in [2.05, 4.69) is 26.1 Å². The minimum absolute atomic E-state index is 0.0276. The molecule has 2 amide bonds. The van der Waals surface area contributed by atoms with E-state index in [9.17, 15) is 9.59 Å². The van der Waals surface area contributed by atoms with Crippen LogP contribution >= 0.6 is 0 Å². The van der Waals surface area contributed by atoms with E-state index in [1.165, 1.54) is 32.1 Å². The van der Waals surface area contributed by atoms with Gasteiger partial charge in [-0.2, -0.15) is 0 Å². The predicted octanol–water partition coefficient (Wildman–Crippen LogP) is 3.89. The summed E-state index contributed by atoms with van der Waals surface area (Å²) in [6.07, 6.45) is 10.8. The number of carbonyl (C=O) groups excluding carboxylic acids is 2. The summed E-state index contributed by atoms with van der Waals surface area (Å²) in [7, 11) is 0. The minimum atomic E-state index is 0.0276. The molecular formula is C20H36N2O2. The molecule has 0 bridgehead atoms. The van der Waals surface area contributed by atoms with Crippen LogP contribution in [-0.2, 0) is 9.59 Å². The van der Waals surface area contributed by atoms with Crippen molar-refractivity contribution in [2.24, 2.45) is 11.3 Å². The topological polar surface area (TPSA) is 49.4 Å². The van der Waals surface area contributed by atoms with E-state index in [1.54, 1.807) is 0 Å². The van der Waals surface area contributed by atoms with Crippen molar-refractivity contribution in [3.63, 3.8) is 0 Å². The number of amides is 2. The van der Waals surface area contributed by atoms with Crippen LogP contribution in [0.4, 0.5) is 0 Å². The number of piperidine rings is 1. The third kappa shape index (κ3) is 6.82. The maximum absolute atomic E-state index is 12.4. The largest absolute Gasteiger partial charge is 0.353 e. The average molecular weight is 337 g/mol. The Hall–Kier alpha value is -1.06. The highest BCUT2D eigenvalue weighted by molar-refractivity contribution is 5.77. The van der Waals surface area contributed by atoms with Crippen molar-refractivity contribution >= 4 is 11.8 Å². The molecule has 0 aromatic rings. The summed E-state index contributed by atoms with van der Waals surface area (Å²) >= 11 is 0. The van der Waals surface area contributed by atoms with Gasteiger partial charge in [-0.1, -0.05) is 52.9 Å². The fraction of sp³-hybridized carbons (Fsp3) is 0.900. The van der Waals surface area contributed by atoms with Gasteiger partial charge in [0.15, 0.2) is 0 Å². The highest BCUT2D eigenvalue weighted by Gasteiger charge is 2.25. The van der Waals surface area contributed by atoms with Gasteiger partial charge < -0.3 is 10.2 Å². The molecule has 24 heavy (non-hydrogen) atoms. The third-order valence-electron chi connectivity index (χ3n) is 5.39. The van der Waals surface area contributed by atoms with Crippen molar-refractivity contribution in [1.82, 2.24) is 10.2 Å². The molecule has 2 fully saturated rings. The van der Waals surface area contributed by atoms with E-state index >= 15 is 0 Å². The van der Waals surface area contributed by atoms with Crippen LogP contribution in [0.5, 0.6) is 0 Å². The standard InChI is InChI=1S/C20H36N2O2/c1-20(2,3)15-18(23)21-17-11-13-22(14-12-17)19(24)10-9-16-7-5-4-6-8-16/h16-17H,4-15H2,1-3H3,(H,21,23). The normalized spacial score (nSPS) is 20.9. The number of nitrogens with one attached hydrogen (secondary N) is 1. The smallest absolute Gasteiger partial charge is 0.222 e. The van der Waals surface area contributed by atoms with Crippen LogP contribution in [0.1, 0.15) is 85.0 Å². The molecule has 2 rings (SSSR count). The Kier molecular flexibility index (Phi) is 7.12. The summed E-state index contributed by atoms with van der Waals surface area (Å²) in [5, 5.41) is 3.14. The van der Waals surface area contributed by atoms with E-state index < -0.39 is 0 Å². The highest BCUT2D eigenvalue weighted by atomic mass is 16.2. The summed E-state index contributed by atoms with van der Waals surface area (Å²) in [4.78, 5) is 26.4. The zero-order valence-corrected chi connectivity index (χ0v) is 15.9. The van der Waals surface area contributed by atoms with Crippen LogP contribution in [0, 0.1) is 11.3 Å².